The van der Waals surface area contributed by atoms with Crippen molar-refractivity contribution >= 4 is 15.9 Å². The molecule has 0 atom stereocenters. The lowest BCUT2D eigenvalue weighted by atomic mass is 9.96. The summed E-state index contributed by atoms with van der Waals surface area (Å²) in [6.07, 6.45) is 1.00. The van der Waals surface area contributed by atoms with Crippen LogP contribution in [0, 0.1) is 5.92 Å². The lowest BCUT2D eigenvalue weighted by Gasteiger charge is -2.38. The topological polar surface area (TPSA) is 97.8 Å². The fourth-order valence-corrected chi connectivity index (χ4v) is 6.79. The Kier molecular flexibility index (Phi) is 7.45. The van der Waals surface area contributed by atoms with Crippen molar-refractivity contribution in [2.45, 2.75) is 24.3 Å². The van der Waals surface area contributed by atoms with Gasteiger partial charge in [0.25, 0.3) is 0 Å². The Morgan fingerprint density at radius 1 is 0.919 bits per heavy atom. The van der Waals surface area contributed by atoms with Crippen LogP contribution in [-0.2, 0) is 21.4 Å². The van der Waals surface area contributed by atoms with Gasteiger partial charge >= 0.3 is 0 Å². The molecule has 0 radical (unpaired) electrons. The molecule has 0 aromatic heterocycles. The summed E-state index contributed by atoms with van der Waals surface area (Å²) in [4.78, 5) is 17.6. The van der Waals surface area contributed by atoms with E-state index in [4.69, 9.17) is 18.9 Å². The standard InChI is InChI=1S/C26H33N3O7S/c1-33-21-4-6-23(34-2)25(16-21)37(31,32)29-9-7-20(8-10-29)26(30)28-13-11-27(12-14-28)17-19-3-5-22-24(15-19)36-18-35-22/h3-6,15-16,20H,7-14,17-18H2,1-2H3. The van der Waals surface area contributed by atoms with Crippen LogP contribution >= 0.6 is 0 Å². The van der Waals surface area contributed by atoms with Gasteiger partial charge in [-0.3, -0.25) is 9.69 Å². The molecule has 3 heterocycles. The van der Waals surface area contributed by atoms with E-state index in [9.17, 15) is 13.2 Å². The van der Waals surface area contributed by atoms with Crippen LogP contribution in [0.1, 0.15) is 18.4 Å². The Hall–Kier alpha value is -3.02. The third-order valence-electron chi connectivity index (χ3n) is 7.32. The molecule has 1 amide bonds. The minimum atomic E-state index is -3.77. The number of piperazine rings is 1. The number of ether oxygens (including phenoxy) is 4. The third-order valence-corrected chi connectivity index (χ3v) is 9.24. The molecule has 3 aliphatic rings. The van der Waals surface area contributed by atoms with E-state index < -0.39 is 10.0 Å². The minimum Gasteiger partial charge on any atom is -0.497 e. The first-order chi connectivity index (χ1) is 17.9. The molecular formula is C26H33N3O7S. The Balaban J connectivity index is 1.14. The van der Waals surface area contributed by atoms with Crippen molar-refractivity contribution in [1.29, 1.82) is 0 Å². The van der Waals surface area contributed by atoms with Crippen LogP contribution in [0.2, 0.25) is 0 Å². The van der Waals surface area contributed by atoms with Crippen LogP contribution in [0.25, 0.3) is 0 Å². The summed E-state index contributed by atoms with van der Waals surface area (Å²) in [6.45, 7) is 4.58. The zero-order valence-electron chi connectivity index (χ0n) is 21.2. The molecule has 2 saturated heterocycles. The largest absolute Gasteiger partial charge is 0.497 e. The summed E-state index contributed by atoms with van der Waals surface area (Å²) >= 11 is 0. The molecule has 37 heavy (non-hydrogen) atoms. The second-order valence-corrected chi connectivity index (χ2v) is 11.4. The number of methoxy groups -OCH3 is 2. The van der Waals surface area contributed by atoms with Gasteiger partial charge in [-0.2, -0.15) is 4.31 Å². The quantitative estimate of drug-likeness (QED) is 0.536. The molecule has 0 bridgehead atoms. The lowest BCUT2D eigenvalue weighted by molar-refractivity contribution is -0.138. The number of carbonyl (C=O) groups is 1. The van der Waals surface area contributed by atoms with Gasteiger partial charge in [-0.15, -0.1) is 0 Å². The monoisotopic (exact) mass is 531 g/mol. The van der Waals surface area contributed by atoms with Crippen LogP contribution in [0.4, 0.5) is 0 Å². The van der Waals surface area contributed by atoms with Crippen LogP contribution in [0.15, 0.2) is 41.3 Å². The highest BCUT2D eigenvalue weighted by atomic mass is 32.2. The van der Waals surface area contributed by atoms with Gasteiger partial charge in [0.1, 0.15) is 16.4 Å². The molecule has 10 nitrogen and oxygen atoms in total. The smallest absolute Gasteiger partial charge is 0.246 e. The summed E-state index contributed by atoms with van der Waals surface area (Å²) in [5, 5.41) is 0. The zero-order valence-corrected chi connectivity index (χ0v) is 22.0. The van der Waals surface area contributed by atoms with E-state index in [1.165, 1.54) is 24.6 Å². The maximum Gasteiger partial charge on any atom is 0.246 e. The van der Waals surface area contributed by atoms with Gasteiger partial charge in [-0.1, -0.05) is 6.07 Å². The van der Waals surface area contributed by atoms with Crippen molar-refractivity contribution in [3.63, 3.8) is 0 Å². The van der Waals surface area contributed by atoms with Crippen molar-refractivity contribution in [1.82, 2.24) is 14.1 Å². The highest BCUT2D eigenvalue weighted by Gasteiger charge is 2.36. The summed E-state index contributed by atoms with van der Waals surface area (Å²) < 4.78 is 49.5. The second kappa shape index (κ2) is 10.8. The van der Waals surface area contributed by atoms with Crippen LogP contribution in [-0.4, -0.2) is 88.7 Å². The maximum absolute atomic E-state index is 13.3. The van der Waals surface area contributed by atoms with Crippen molar-refractivity contribution < 1.29 is 32.2 Å². The molecule has 11 heteroatoms. The zero-order chi connectivity index (χ0) is 26.0. The van der Waals surface area contributed by atoms with E-state index in [0.717, 1.165) is 36.7 Å². The number of piperidine rings is 1. The molecule has 0 spiro atoms. The van der Waals surface area contributed by atoms with Crippen LogP contribution in [0.3, 0.4) is 0 Å². The minimum absolute atomic E-state index is 0.0812. The number of carbonyl (C=O) groups excluding carboxylic acids is 1. The number of hydrogen-bond acceptors (Lipinski definition) is 8. The van der Waals surface area contributed by atoms with Crippen LogP contribution in [0.5, 0.6) is 23.0 Å². The number of benzene rings is 2. The van der Waals surface area contributed by atoms with Gasteiger partial charge in [0, 0.05) is 57.8 Å². The highest BCUT2D eigenvalue weighted by Crippen LogP contribution is 2.34. The molecule has 0 N–H and O–H groups in total. The third kappa shape index (κ3) is 5.34. The van der Waals surface area contributed by atoms with E-state index in [-0.39, 0.29) is 29.3 Å². The fourth-order valence-electron chi connectivity index (χ4n) is 5.15. The molecule has 0 aliphatic carbocycles. The summed E-state index contributed by atoms with van der Waals surface area (Å²) in [7, 11) is -0.835. The van der Waals surface area contributed by atoms with Gasteiger partial charge in [-0.25, -0.2) is 8.42 Å². The molecule has 200 valence electrons. The average Bonchev–Trinajstić information content (AvgIpc) is 3.41. The first-order valence-corrected chi connectivity index (χ1v) is 13.9. The molecule has 0 unspecified atom stereocenters. The number of amides is 1. The summed E-state index contributed by atoms with van der Waals surface area (Å²) in [5.41, 5.74) is 1.16. The fraction of sp³-hybridized carbons (Fsp3) is 0.500. The van der Waals surface area contributed by atoms with E-state index >= 15 is 0 Å². The van der Waals surface area contributed by atoms with E-state index in [1.807, 2.05) is 23.1 Å². The van der Waals surface area contributed by atoms with Crippen molar-refractivity contribution in [3.8, 4) is 23.0 Å². The first-order valence-electron chi connectivity index (χ1n) is 12.5. The molecule has 0 saturated carbocycles. The number of hydrogen-bond donors (Lipinski definition) is 0. The predicted molar refractivity (Wildman–Crippen MR) is 135 cm³/mol. The summed E-state index contributed by atoms with van der Waals surface area (Å²) in [6, 6.07) is 10.7. The number of sulfonamides is 1. The average molecular weight is 532 g/mol. The van der Waals surface area contributed by atoms with Crippen molar-refractivity contribution in [2.75, 3.05) is 60.3 Å². The Bertz CT molecular complexity index is 1240. The normalized spacial score (nSPS) is 19.1. The van der Waals surface area contributed by atoms with Crippen molar-refractivity contribution in [3.05, 3.63) is 42.0 Å². The Morgan fingerprint density at radius 3 is 2.35 bits per heavy atom. The Morgan fingerprint density at radius 2 is 1.65 bits per heavy atom. The van der Waals surface area contributed by atoms with Crippen molar-refractivity contribution in [2.24, 2.45) is 5.92 Å². The summed E-state index contributed by atoms with van der Waals surface area (Å²) in [5.74, 6) is 2.24. The molecule has 2 fully saturated rings. The van der Waals surface area contributed by atoms with Gasteiger partial charge in [0.05, 0.1) is 14.2 Å². The van der Waals surface area contributed by atoms with E-state index in [2.05, 4.69) is 4.90 Å². The SMILES string of the molecule is COc1ccc(OC)c(S(=O)(=O)N2CCC(C(=O)N3CCN(Cc4ccc5c(c4)OCO5)CC3)CC2)c1. The second-order valence-electron chi connectivity index (χ2n) is 9.48. The van der Waals surface area contributed by atoms with Gasteiger partial charge < -0.3 is 23.8 Å². The molecule has 2 aromatic carbocycles. The Labute approximate surface area is 217 Å². The van der Waals surface area contributed by atoms with E-state index in [1.54, 1.807) is 12.1 Å². The molecular weight excluding hydrogens is 498 g/mol. The number of nitrogens with zero attached hydrogens (tertiary/aromatic N) is 3. The first kappa shape index (κ1) is 25.6. The highest BCUT2D eigenvalue weighted by molar-refractivity contribution is 7.89. The maximum atomic E-state index is 13.3. The molecule has 5 rings (SSSR count). The van der Waals surface area contributed by atoms with Crippen LogP contribution < -0.4 is 18.9 Å². The lowest BCUT2D eigenvalue weighted by Crippen LogP contribution is -2.51. The predicted octanol–water partition coefficient (Wildman–Crippen LogP) is 2.18. The van der Waals surface area contributed by atoms with Gasteiger partial charge in [0.15, 0.2) is 11.5 Å². The molecule has 3 aliphatic heterocycles. The van der Waals surface area contributed by atoms with Gasteiger partial charge in [0.2, 0.25) is 22.7 Å². The number of fused-ring (bicyclic) bond motifs is 1. The number of rotatable bonds is 7. The molecule has 2 aromatic rings. The van der Waals surface area contributed by atoms with Gasteiger partial charge in [-0.05, 0) is 42.7 Å². The van der Waals surface area contributed by atoms with E-state index in [0.29, 0.717) is 44.8 Å².